The highest BCUT2D eigenvalue weighted by molar-refractivity contribution is 7.13. The third-order valence-corrected chi connectivity index (χ3v) is 5.62. The van der Waals surface area contributed by atoms with E-state index in [9.17, 15) is 18.0 Å². The standard InChI is InChI=1S/C16H24F3N5OS/c17-16(18,19)12-22-6-2-13(11-22)10-21-14(25)23-4-1-5-24(8-7-23)15-20-3-9-26-15/h3,9,13H,1-2,4-8,10-12H2,(H,21,25)/t13-/m0/s1. The van der Waals surface area contributed by atoms with Crippen LogP contribution in [0.5, 0.6) is 0 Å². The number of hydrogen-bond acceptors (Lipinski definition) is 5. The molecule has 0 unspecified atom stereocenters. The molecule has 0 bridgehead atoms. The van der Waals surface area contributed by atoms with Crippen molar-refractivity contribution in [2.75, 3.05) is 57.3 Å². The van der Waals surface area contributed by atoms with Crippen LogP contribution in [0.4, 0.5) is 23.1 Å². The number of anilines is 1. The summed E-state index contributed by atoms with van der Waals surface area (Å²) in [6, 6.07) is -0.125. The normalized spacial score (nSPS) is 22.5. The van der Waals surface area contributed by atoms with Gasteiger partial charge in [-0.3, -0.25) is 4.90 Å². The van der Waals surface area contributed by atoms with Crippen LogP contribution in [0.2, 0.25) is 0 Å². The van der Waals surface area contributed by atoms with Gasteiger partial charge in [0.2, 0.25) is 0 Å². The van der Waals surface area contributed by atoms with E-state index in [1.54, 1.807) is 22.4 Å². The van der Waals surface area contributed by atoms with E-state index in [2.05, 4.69) is 15.2 Å². The Hall–Kier alpha value is -1.55. The second-order valence-corrected chi connectivity index (χ2v) is 7.71. The van der Waals surface area contributed by atoms with Gasteiger partial charge in [-0.2, -0.15) is 13.2 Å². The molecular formula is C16H24F3N5OS. The minimum absolute atomic E-state index is 0.0834. The molecule has 2 saturated heterocycles. The van der Waals surface area contributed by atoms with Crippen LogP contribution in [0.1, 0.15) is 12.8 Å². The molecule has 1 N–H and O–H groups in total. The van der Waals surface area contributed by atoms with Gasteiger partial charge in [-0.1, -0.05) is 0 Å². The van der Waals surface area contributed by atoms with Gasteiger partial charge in [0.15, 0.2) is 5.13 Å². The molecule has 0 aliphatic carbocycles. The van der Waals surface area contributed by atoms with E-state index in [4.69, 9.17) is 0 Å². The fourth-order valence-electron chi connectivity index (χ4n) is 3.50. The van der Waals surface area contributed by atoms with Gasteiger partial charge in [0.25, 0.3) is 0 Å². The molecule has 6 nitrogen and oxygen atoms in total. The number of rotatable bonds is 4. The topological polar surface area (TPSA) is 51.7 Å². The molecule has 1 atom stereocenters. The maximum absolute atomic E-state index is 12.4. The number of thiazole rings is 1. The number of hydrogen-bond donors (Lipinski definition) is 1. The number of urea groups is 1. The largest absolute Gasteiger partial charge is 0.401 e. The van der Waals surface area contributed by atoms with Crippen molar-refractivity contribution in [2.45, 2.75) is 19.0 Å². The summed E-state index contributed by atoms with van der Waals surface area (Å²) in [5, 5.41) is 5.82. The van der Waals surface area contributed by atoms with E-state index < -0.39 is 12.7 Å². The maximum Gasteiger partial charge on any atom is 0.401 e. The maximum atomic E-state index is 12.4. The Morgan fingerprint density at radius 1 is 1.27 bits per heavy atom. The Morgan fingerprint density at radius 3 is 2.85 bits per heavy atom. The van der Waals surface area contributed by atoms with Gasteiger partial charge in [0.1, 0.15) is 0 Å². The number of carbonyl (C=O) groups excluding carboxylic acids is 1. The summed E-state index contributed by atoms with van der Waals surface area (Å²) in [6.07, 6.45) is -0.823. The molecule has 3 heterocycles. The van der Waals surface area contributed by atoms with Crippen molar-refractivity contribution in [3.63, 3.8) is 0 Å². The number of nitrogens with zero attached hydrogens (tertiary/aromatic N) is 4. The third-order valence-electron chi connectivity index (χ3n) is 4.79. The van der Waals surface area contributed by atoms with E-state index in [-0.39, 0.29) is 11.9 Å². The summed E-state index contributed by atoms with van der Waals surface area (Å²) in [5.41, 5.74) is 0. The zero-order chi connectivity index (χ0) is 18.6. The van der Waals surface area contributed by atoms with Gasteiger partial charge in [-0.15, -0.1) is 11.3 Å². The van der Waals surface area contributed by atoms with Gasteiger partial charge in [-0.25, -0.2) is 9.78 Å². The number of likely N-dealkylation sites (tertiary alicyclic amines) is 1. The number of carbonyl (C=O) groups is 1. The molecule has 1 aromatic rings. The smallest absolute Gasteiger partial charge is 0.346 e. The highest BCUT2D eigenvalue weighted by Gasteiger charge is 2.34. The van der Waals surface area contributed by atoms with Crippen LogP contribution >= 0.6 is 11.3 Å². The van der Waals surface area contributed by atoms with Gasteiger partial charge >= 0.3 is 12.2 Å². The molecule has 1 aromatic heterocycles. The molecular weight excluding hydrogens is 367 g/mol. The second-order valence-electron chi connectivity index (χ2n) is 6.83. The average Bonchev–Trinajstić information content (AvgIpc) is 3.19. The lowest BCUT2D eigenvalue weighted by Gasteiger charge is -2.23. The Bertz CT molecular complexity index is 583. The fraction of sp³-hybridized carbons (Fsp3) is 0.750. The first-order chi connectivity index (χ1) is 12.4. The van der Waals surface area contributed by atoms with Crippen LogP contribution in [-0.4, -0.2) is 79.3 Å². The Morgan fingerprint density at radius 2 is 2.12 bits per heavy atom. The second kappa shape index (κ2) is 8.43. The van der Waals surface area contributed by atoms with E-state index in [1.165, 1.54) is 4.90 Å². The van der Waals surface area contributed by atoms with Gasteiger partial charge < -0.3 is 15.1 Å². The Labute approximate surface area is 155 Å². The third kappa shape index (κ3) is 5.47. The first kappa shape index (κ1) is 19.2. The van der Waals surface area contributed by atoms with Gasteiger partial charge in [-0.05, 0) is 25.3 Å². The first-order valence-corrected chi connectivity index (χ1v) is 9.75. The van der Waals surface area contributed by atoms with E-state index in [0.29, 0.717) is 39.1 Å². The molecule has 0 aromatic carbocycles. The van der Waals surface area contributed by atoms with Crippen LogP contribution in [0.25, 0.3) is 0 Å². The minimum Gasteiger partial charge on any atom is -0.346 e. The van der Waals surface area contributed by atoms with Gasteiger partial charge in [0.05, 0.1) is 6.54 Å². The summed E-state index contributed by atoms with van der Waals surface area (Å²) in [7, 11) is 0. The lowest BCUT2D eigenvalue weighted by atomic mass is 10.1. The van der Waals surface area contributed by atoms with Crippen LogP contribution in [0.15, 0.2) is 11.6 Å². The molecule has 26 heavy (non-hydrogen) atoms. The van der Waals surface area contributed by atoms with E-state index >= 15 is 0 Å². The fourth-order valence-corrected chi connectivity index (χ4v) is 4.20. The summed E-state index contributed by atoms with van der Waals surface area (Å²) < 4.78 is 37.3. The number of aromatic nitrogens is 1. The van der Waals surface area contributed by atoms with Crippen LogP contribution in [0.3, 0.4) is 0 Å². The molecule has 2 aliphatic heterocycles. The first-order valence-electron chi connectivity index (χ1n) is 8.87. The number of alkyl halides is 3. The molecule has 10 heteroatoms. The number of amides is 2. The van der Waals surface area contributed by atoms with Crippen molar-refractivity contribution in [3.8, 4) is 0 Å². The molecule has 2 amide bonds. The Balaban J connectivity index is 1.40. The number of halogens is 3. The summed E-state index contributed by atoms with van der Waals surface area (Å²) in [6.45, 7) is 3.30. The predicted octanol–water partition coefficient (Wildman–Crippen LogP) is 2.25. The van der Waals surface area contributed by atoms with Crippen molar-refractivity contribution in [1.82, 2.24) is 20.1 Å². The number of nitrogens with one attached hydrogen (secondary N) is 1. The van der Waals surface area contributed by atoms with Gasteiger partial charge in [0, 0.05) is 50.8 Å². The molecule has 0 saturated carbocycles. The van der Waals surface area contributed by atoms with E-state index in [0.717, 1.165) is 24.6 Å². The highest BCUT2D eigenvalue weighted by atomic mass is 32.1. The Kier molecular flexibility index (Phi) is 6.23. The van der Waals surface area contributed by atoms with Crippen LogP contribution in [-0.2, 0) is 0 Å². The highest BCUT2D eigenvalue weighted by Crippen LogP contribution is 2.22. The van der Waals surface area contributed by atoms with Crippen molar-refractivity contribution in [1.29, 1.82) is 0 Å². The molecule has 146 valence electrons. The molecule has 2 aliphatic rings. The average molecular weight is 391 g/mol. The molecule has 0 radical (unpaired) electrons. The quantitative estimate of drug-likeness (QED) is 0.856. The zero-order valence-electron chi connectivity index (χ0n) is 14.5. The lowest BCUT2D eigenvalue weighted by molar-refractivity contribution is -0.143. The molecule has 0 spiro atoms. The monoisotopic (exact) mass is 391 g/mol. The minimum atomic E-state index is -4.16. The van der Waals surface area contributed by atoms with Crippen LogP contribution < -0.4 is 10.2 Å². The van der Waals surface area contributed by atoms with Crippen molar-refractivity contribution in [2.24, 2.45) is 5.92 Å². The summed E-state index contributed by atoms with van der Waals surface area (Å²) in [5.74, 6) is 0.0834. The lowest BCUT2D eigenvalue weighted by Crippen LogP contribution is -2.44. The van der Waals surface area contributed by atoms with Crippen LogP contribution in [0, 0.1) is 5.92 Å². The van der Waals surface area contributed by atoms with Crippen molar-refractivity contribution < 1.29 is 18.0 Å². The molecule has 3 rings (SSSR count). The zero-order valence-corrected chi connectivity index (χ0v) is 15.4. The SMILES string of the molecule is O=C(NC[C@@H]1CCN(CC(F)(F)F)C1)N1CCCN(c2nccs2)CC1. The van der Waals surface area contributed by atoms with Crippen molar-refractivity contribution in [3.05, 3.63) is 11.6 Å². The summed E-state index contributed by atoms with van der Waals surface area (Å²) >= 11 is 1.59. The van der Waals surface area contributed by atoms with Crippen molar-refractivity contribution >= 4 is 22.5 Å². The van der Waals surface area contributed by atoms with E-state index in [1.807, 2.05) is 5.38 Å². The predicted molar refractivity (Wildman–Crippen MR) is 94.5 cm³/mol. The summed E-state index contributed by atoms with van der Waals surface area (Å²) in [4.78, 5) is 22.1. The molecule has 2 fully saturated rings.